The van der Waals surface area contributed by atoms with Gasteiger partial charge in [0, 0.05) is 10.9 Å². The highest BCUT2D eigenvalue weighted by atomic mass is 32.2. The zero-order chi connectivity index (χ0) is 13.6. The Hall–Kier alpha value is -0.430. The van der Waals surface area contributed by atoms with Gasteiger partial charge in [0.15, 0.2) is 0 Å². The first-order valence-corrected chi connectivity index (χ1v) is 8.59. The van der Waals surface area contributed by atoms with Gasteiger partial charge in [-0.05, 0) is 45.0 Å². The second-order valence-electron chi connectivity index (χ2n) is 4.21. The molecule has 18 heavy (non-hydrogen) atoms. The first-order valence-electron chi connectivity index (χ1n) is 6.29. The number of likely N-dealkylation sites (N-methyl/N-ethyl adjacent to an activating group) is 1. The molecule has 0 aliphatic heterocycles. The predicted molar refractivity (Wildman–Crippen MR) is 76.6 cm³/mol. The molecule has 6 heteroatoms. The summed E-state index contributed by atoms with van der Waals surface area (Å²) in [6, 6.07) is 3.61. The van der Waals surface area contributed by atoms with Crippen molar-refractivity contribution >= 4 is 21.4 Å². The van der Waals surface area contributed by atoms with Crippen LogP contribution in [0.2, 0.25) is 0 Å². The van der Waals surface area contributed by atoms with E-state index in [4.69, 9.17) is 0 Å². The Labute approximate surface area is 114 Å². The fourth-order valence-electron chi connectivity index (χ4n) is 1.62. The molecule has 0 atom stereocenters. The van der Waals surface area contributed by atoms with Crippen LogP contribution in [0.1, 0.15) is 31.6 Å². The molecule has 0 spiro atoms. The summed E-state index contributed by atoms with van der Waals surface area (Å²) in [7, 11) is -1.45. The van der Waals surface area contributed by atoms with E-state index in [0.29, 0.717) is 4.21 Å². The van der Waals surface area contributed by atoms with Crippen LogP contribution < -0.4 is 10.0 Å². The third-order valence-electron chi connectivity index (χ3n) is 2.83. The van der Waals surface area contributed by atoms with Gasteiger partial charge in [-0.2, -0.15) is 0 Å². The molecule has 1 heterocycles. The number of hydrogen-bond donors (Lipinski definition) is 2. The van der Waals surface area contributed by atoms with Crippen molar-refractivity contribution in [2.45, 2.75) is 43.4 Å². The lowest BCUT2D eigenvalue weighted by Gasteiger charge is -2.13. The first kappa shape index (κ1) is 15.6. The van der Waals surface area contributed by atoms with E-state index in [-0.39, 0.29) is 6.04 Å². The maximum atomic E-state index is 12.1. The molecule has 0 aromatic carbocycles. The Balaban J connectivity index is 2.75. The van der Waals surface area contributed by atoms with Crippen molar-refractivity contribution in [1.29, 1.82) is 0 Å². The van der Waals surface area contributed by atoms with Gasteiger partial charge in [-0.1, -0.05) is 13.8 Å². The van der Waals surface area contributed by atoms with Crippen molar-refractivity contribution in [3.63, 3.8) is 0 Å². The molecule has 0 fully saturated rings. The molecule has 0 aliphatic carbocycles. The molecule has 1 aromatic heterocycles. The highest BCUT2D eigenvalue weighted by molar-refractivity contribution is 7.91. The lowest BCUT2D eigenvalue weighted by atomic mass is 10.2. The van der Waals surface area contributed by atoms with Gasteiger partial charge in [0.05, 0.1) is 0 Å². The fraction of sp³-hybridized carbons (Fsp3) is 0.667. The van der Waals surface area contributed by atoms with Gasteiger partial charge in [0.2, 0.25) is 10.0 Å². The van der Waals surface area contributed by atoms with Crippen LogP contribution in [0.3, 0.4) is 0 Å². The number of nitrogens with one attached hydrogen (secondary N) is 2. The van der Waals surface area contributed by atoms with Crippen LogP contribution in [0.4, 0.5) is 0 Å². The van der Waals surface area contributed by atoms with Crippen molar-refractivity contribution in [3.8, 4) is 0 Å². The molecule has 0 saturated heterocycles. The molecule has 2 N–H and O–H groups in total. The SMILES string of the molecule is CCC(CC)NS(=O)(=O)c1ccc(CCNC)s1. The van der Waals surface area contributed by atoms with Crippen molar-refractivity contribution in [3.05, 3.63) is 17.0 Å². The fourth-order valence-corrected chi connectivity index (χ4v) is 4.39. The molecule has 104 valence electrons. The molecule has 1 rings (SSSR count). The summed E-state index contributed by atoms with van der Waals surface area (Å²) in [5.74, 6) is 0. The summed E-state index contributed by atoms with van der Waals surface area (Å²) in [5, 5.41) is 3.06. The monoisotopic (exact) mass is 290 g/mol. The molecule has 0 amide bonds. The largest absolute Gasteiger partial charge is 0.319 e. The summed E-state index contributed by atoms with van der Waals surface area (Å²) in [4.78, 5) is 1.09. The molecule has 0 radical (unpaired) electrons. The lowest BCUT2D eigenvalue weighted by Crippen LogP contribution is -2.33. The van der Waals surface area contributed by atoms with E-state index in [0.717, 1.165) is 30.7 Å². The zero-order valence-electron chi connectivity index (χ0n) is 11.2. The van der Waals surface area contributed by atoms with E-state index in [1.54, 1.807) is 6.07 Å². The van der Waals surface area contributed by atoms with E-state index in [1.807, 2.05) is 27.0 Å². The average Bonchev–Trinajstić information content (AvgIpc) is 2.83. The molecule has 0 unspecified atom stereocenters. The van der Waals surface area contributed by atoms with Gasteiger partial charge in [0.1, 0.15) is 4.21 Å². The van der Waals surface area contributed by atoms with Crippen molar-refractivity contribution in [1.82, 2.24) is 10.0 Å². The molecule has 0 aliphatic rings. The van der Waals surface area contributed by atoms with Gasteiger partial charge in [0.25, 0.3) is 0 Å². The smallest absolute Gasteiger partial charge is 0.250 e. The van der Waals surface area contributed by atoms with E-state index in [9.17, 15) is 8.42 Å². The Bertz CT molecular complexity index is 450. The topological polar surface area (TPSA) is 58.2 Å². The van der Waals surface area contributed by atoms with Crippen molar-refractivity contribution < 1.29 is 8.42 Å². The van der Waals surface area contributed by atoms with E-state index >= 15 is 0 Å². The van der Waals surface area contributed by atoms with Crippen LogP contribution in [0.25, 0.3) is 0 Å². The molecule has 0 bridgehead atoms. The Kier molecular flexibility index (Phi) is 6.28. The second-order valence-corrected chi connectivity index (χ2v) is 7.32. The highest BCUT2D eigenvalue weighted by Crippen LogP contribution is 2.22. The van der Waals surface area contributed by atoms with Crippen LogP contribution in [0.5, 0.6) is 0 Å². The minimum absolute atomic E-state index is 0.0258. The Morgan fingerprint density at radius 1 is 1.28 bits per heavy atom. The third-order valence-corrected chi connectivity index (χ3v) is 5.99. The highest BCUT2D eigenvalue weighted by Gasteiger charge is 2.19. The summed E-state index contributed by atoms with van der Waals surface area (Å²) in [5.41, 5.74) is 0. The molecule has 1 aromatic rings. The normalized spacial score (nSPS) is 12.2. The number of hydrogen-bond acceptors (Lipinski definition) is 4. The van der Waals surface area contributed by atoms with Gasteiger partial charge in [-0.25, -0.2) is 13.1 Å². The average molecular weight is 290 g/mol. The van der Waals surface area contributed by atoms with Crippen LogP contribution >= 0.6 is 11.3 Å². The molecular weight excluding hydrogens is 268 g/mol. The van der Waals surface area contributed by atoms with Gasteiger partial charge >= 0.3 is 0 Å². The van der Waals surface area contributed by atoms with Crippen molar-refractivity contribution in [2.75, 3.05) is 13.6 Å². The van der Waals surface area contributed by atoms with Gasteiger partial charge in [-0.3, -0.25) is 0 Å². The standard InChI is InChI=1S/C12H22N2O2S2/c1-4-10(5-2)14-18(15,16)12-7-6-11(17-12)8-9-13-3/h6-7,10,13-14H,4-5,8-9H2,1-3H3. The quantitative estimate of drug-likeness (QED) is 0.769. The number of thiophene rings is 1. The summed E-state index contributed by atoms with van der Waals surface area (Å²) in [6.07, 6.45) is 2.49. The Morgan fingerprint density at radius 3 is 2.50 bits per heavy atom. The minimum atomic E-state index is -3.34. The van der Waals surface area contributed by atoms with Crippen LogP contribution in [-0.2, 0) is 16.4 Å². The first-order chi connectivity index (χ1) is 8.53. The second kappa shape index (κ2) is 7.23. The third kappa shape index (κ3) is 4.35. The Morgan fingerprint density at radius 2 is 1.94 bits per heavy atom. The van der Waals surface area contributed by atoms with Crippen LogP contribution in [-0.4, -0.2) is 28.1 Å². The maximum absolute atomic E-state index is 12.1. The summed E-state index contributed by atoms with van der Waals surface area (Å²) < 4.78 is 27.4. The van der Waals surface area contributed by atoms with Crippen LogP contribution in [0, 0.1) is 0 Å². The van der Waals surface area contributed by atoms with E-state index in [1.165, 1.54) is 11.3 Å². The van der Waals surface area contributed by atoms with Gasteiger partial charge in [-0.15, -0.1) is 11.3 Å². The number of sulfonamides is 1. The van der Waals surface area contributed by atoms with E-state index in [2.05, 4.69) is 10.0 Å². The number of rotatable bonds is 8. The van der Waals surface area contributed by atoms with Gasteiger partial charge < -0.3 is 5.32 Å². The summed E-state index contributed by atoms with van der Waals surface area (Å²) >= 11 is 1.35. The van der Waals surface area contributed by atoms with Crippen LogP contribution in [0.15, 0.2) is 16.3 Å². The lowest BCUT2D eigenvalue weighted by molar-refractivity contribution is 0.531. The molecule has 0 saturated carbocycles. The predicted octanol–water partition coefficient (Wildman–Crippen LogP) is 1.98. The summed E-state index contributed by atoms with van der Waals surface area (Å²) in [6.45, 7) is 4.84. The zero-order valence-corrected chi connectivity index (χ0v) is 12.8. The van der Waals surface area contributed by atoms with E-state index < -0.39 is 10.0 Å². The molecule has 4 nitrogen and oxygen atoms in total. The maximum Gasteiger partial charge on any atom is 0.250 e. The van der Waals surface area contributed by atoms with Crippen molar-refractivity contribution in [2.24, 2.45) is 0 Å². The minimum Gasteiger partial charge on any atom is -0.319 e. The molecular formula is C12H22N2O2S2.